The Balaban J connectivity index is 1.56. The lowest BCUT2D eigenvalue weighted by molar-refractivity contribution is 0.993. The highest BCUT2D eigenvalue weighted by Crippen LogP contribution is 2.39. The van der Waals surface area contributed by atoms with Gasteiger partial charge in [-0.3, -0.25) is 0 Å². The van der Waals surface area contributed by atoms with E-state index in [1.54, 1.807) is 0 Å². The molecule has 0 aliphatic heterocycles. The number of aromatic nitrogens is 4. The number of para-hydroxylation sites is 1. The van der Waals surface area contributed by atoms with E-state index in [9.17, 15) is 0 Å². The molecule has 0 atom stereocenters. The average Bonchev–Trinajstić information content (AvgIpc) is 3.31. The van der Waals surface area contributed by atoms with Crippen LogP contribution in [0.25, 0.3) is 66.5 Å². The molecule has 2 aromatic heterocycles. The first-order valence-corrected chi connectivity index (χ1v) is 12.1. The zero-order valence-electron chi connectivity index (χ0n) is 19.7. The van der Waals surface area contributed by atoms with Crippen molar-refractivity contribution in [2.24, 2.45) is 0 Å². The quantitative estimate of drug-likeness (QED) is 0.290. The van der Waals surface area contributed by atoms with Crippen LogP contribution in [0.4, 0.5) is 0 Å². The highest BCUT2D eigenvalue weighted by Gasteiger charge is 2.17. The summed E-state index contributed by atoms with van der Waals surface area (Å²) in [5, 5.41) is 4.72. The van der Waals surface area contributed by atoms with Crippen LogP contribution in [0.1, 0.15) is 5.82 Å². The molecule has 7 aromatic rings. The van der Waals surface area contributed by atoms with Gasteiger partial charge in [0.1, 0.15) is 5.82 Å². The summed E-state index contributed by atoms with van der Waals surface area (Å²) >= 11 is 0. The fourth-order valence-electron chi connectivity index (χ4n) is 5.11. The van der Waals surface area contributed by atoms with Gasteiger partial charge in [-0.05, 0) is 47.0 Å². The van der Waals surface area contributed by atoms with E-state index in [-0.39, 0.29) is 0 Å². The fraction of sp³-hybridized carbons (Fsp3) is 0.0312. The Bertz CT molecular complexity index is 1900. The average molecular weight is 463 g/mol. The van der Waals surface area contributed by atoms with Crippen LogP contribution in [0.3, 0.4) is 0 Å². The summed E-state index contributed by atoms with van der Waals surface area (Å²) in [6.45, 7) is 1.93. The number of nitrogens with zero attached hydrogens (tertiary/aromatic N) is 3. The molecule has 5 aromatic carbocycles. The van der Waals surface area contributed by atoms with E-state index in [0.29, 0.717) is 17.5 Å². The molecule has 0 saturated heterocycles. The lowest BCUT2D eigenvalue weighted by Crippen LogP contribution is -2.00. The first kappa shape index (κ1) is 20.5. The molecule has 0 saturated carbocycles. The highest BCUT2D eigenvalue weighted by atomic mass is 15.0. The van der Waals surface area contributed by atoms with E-state index < -0.39 is 0 Å². The van der Waals surface area contributed by atoms with Crippen molar-refractivity contribution in [2.45, 2.75) is 6.92 Å². The monoisotopic (exact) mass is 462 g/mol. The normalized spacial score (nSPS) is 11.5. The van der Waals surface area contributed by atoms with Gasteiger partial charge in [-0.15, -0.1) is 0 Å². The van der Waals surface area contributed by atoms with Crippen LogP contribution in [0.2, 0.25) is 0 Å². The minimum absolute atomic E-state index is 0.679. The molecule has 0 fully saturated rings. The smallest absolute Gasteiger partial charge is 0.164 e. The van der Waals surface area contributed by atoms with E-state index in [1.807, 2.05) is 37.3 Å². The van der Waals surface area contributed by atoms with E-state index in [2.05, 4.69) is 88.8 Å². The molecule has 4 heteroatoms. The molecular formula is C32H22N4. The molecule has 0 spiro atoms. The van der Waals surface area contributed by atoms with Crippen molar-refractivity contribution >= 4 is 32.6 Å². The maximum atomic E-state index is 4.97. The second-order valence-corrected chi connectivity index (χ2v) is 9.04. The first-order valence-electron chi connectivity index (χ1n) is 12.1. The van der Waals surface area contributed by atoms with Crippen molar-refractivity contribution in [1.29, 1.82) is 0 Å². The molecule has 4 nitrogen and oxygen atoms in total. The molecule has 170 valence electrons. The van der Waals surface area contributed by atoms with Crippen molar-refractivity contribution in [3.63, 3.8) is 0 Å². The number of hydrogen-bond donors (Lipinski definition) is 1. The number of aromatic amines is 1. The number of nitrogens with one attached hydrogen (secondary N) is 1. The predicted molar refractivity (Wildman–Crippen MR) is 148 cm³/mol. The Morgan fingerprint density at radius 1 is 0.528 bits per heavy atom. The second kappa shape index (κ2) is 8.14. The zero-order valence-corrected chi connectivity index (χ0v) is 19.7. The topological polar surface area (TPSA) is 54.5 Å². The molecular weight excluding hydrogens is 440 g/mol. The lowest BCUT2D eigenvalue weighted by Gasteiger charge is -2.12. The molecule has 0 aliphatic carbocycles. The van der Waals surface area contributed by atoms with Gasteiger partial charge < -0.3 is 4.98 Å². The number of benzene rings is 5. The van der Waals surface area contributed by atoms with Gasteiger partial charge in [0.2, 0.25) is 0 Å². The maximum Gasteiger partial charge on any atom is 0.164 e. The Hall–Kier alpha value is -4.83. The van der Waals surface area contributed by atoms with Crippen molar-refractivity contribution in [1.82, 2.24) is 19.9 Å². The van der Waals surface area contributed by atoms with Gasteiger partial charge in [0.25, 0.3) is 0 Å². The number of aryl methyl sites for hydroxylation is 1. The summed E-state index contributed by atoms with van der Waals surface area (Å²) in [7, 11) is 0. The van der Waals surface area contributed by atoms with Crippen molar-refractivity contribution in [3.8, 4) is 33.9 Å². The summed E-state index contributed by atoms with van der Waals surface area (Å²) in [5.74, 6) is 2.06. The Morgan fingerprint density at radius 3 is 2.14 bits per heavy atom. The lowest BCUT2D eigenvalue weighted by atomic mass is 9.94. The minimum atomic E-state index is 0.679. The van der Waals surface area contributed by atoms with Crippen LogP contribution in [0.15, 0.2) is 109 Å². The van der Waals surface area contributed by atoms with E-state index in [1.165, 1.54) is 16.3 Å². The summed E-state index contributed by atoms with van der Waals surface area (Å²) < 4.78 is 0. The molecule has 0 bridgehead atoms. The van der Waals surface area contributed by atoms with Gasteiger partial charge in [-0.25, -0.2) is 15.0 Å². The molecule has 1 N–H and O–H groups in total. The Kier molecular flexibility index (Phi) is 4.64. The van der Waals surface area contributed by atoms with Crippen molar-refractivity contribution in [3.05, 3.63) is 115 Å². The number of hydrogen-bond acceptors (Lipinski definition) is 3. The largest absolute Gasteiger partial charge is 0.354 e. The maximum absolute atomic E-state index is 4.97. The summed E-state index contributed by atoms with van der Waals surface area (Å²) in [5.41, 5.74) is 6.44. The molecule has 0 aliphatic rings. The summed E-state index contributed by atoms with van der Waals surface area (Å²) in [6, 6.07) is 37.9. The number of H-pyrrole nitrogens is 1. The molecule has 7 rings (SSSR count). The van der Waals surface area contributed by atoms with Crippen LogP contribution in [0, 0.1) is 6.92 Å². The van der Waals surface area contributed by atoms with Gasteiger partial charge in [-0.2, -0.15) is 0 Å². The fourth-order valence-corrected chi connectivity index (χ4v) is 5.11. The van der Waals surface area contributed by atoms with Crippen molar-refractivity contribution < 1.29 is 0 Å². The first-order chi connectivity index (χ1) is 17.7. The van der Waals surface area contributed by atoms with Crippen LogP contribution in [-0.4, -0.2) is 19.9 Å². The van der Waals surface area contributed by atoms with Gasteiger partial charge in [0.15, 0.2) is 11.6 Å². The zero-order chi connectivity index (χ0) is 24.1. The minimum Gasteiger partial charge on any atom is -0.354 e. The molecule has 0 amide bonds. The van der Waals surface area contributed by atoms with Crippen LogP contribution >= 0.6 is 0 Å². The third-order valence-electron chi connectivity index (χ3n) is 6.72. The van der Waals surface area contributed by atoms with E-state index >= 15 is 0 Å². The predicted octanol–water partition coefficient (Wildman–Crippen LogP) is 7.97. The van der Waals surface area contributed by atoms with Gasteiger partial charge in [0, 0.05) is 32.9 Å². The molecule has 0 unspecified atom stereocenters. The van der Waals surface area contributed by atoms with E-state index in [0.717, 1.165) is 38.5 Å². The Morgan fingerprint density at radius 2 is 1.25 bits per heavy atom. The Labute approximate surface area is 208 Å². The summed E-state index contributed by atoms with van der Waals surface area (Å²) in [4.78, 5) is 18.1. The van der Waals surface area contributed by atoms with Crippen LogP contribution in [-0.2, 0) is 0 Å². The molecule has 36 heavy (non-hydrogen) atoms. The second-order valence-electron chi connectivity index (χ2n) is 9.04. The van der Waals surface area contributed by atoms with Gasteiger partial charge >= 0.3 is 0 Å². The van der Waals surface area contributed by atoms with Crippen LogP contribution < -0.4 is 0 Å². The third kappa shape index (κ3) is 3.35. The number of fused-ring (bicyclic) bond motifs is 4. The van der Waals surface area contributed by atoms with Gasteiger partial charge in [0.05, 0.1) is 0 Å². The van der Waals surface area contributed by atoms with E-state index in [4.69, 9.17) is 9.97 Å². The SMILES string of the molecule is Cc1nc(-c2ccccc2)nc(-c2cc(-c3cccc4ccccc34)cc3[nH]c4ccccc4c23)n1. The standard InChI is InChI=1S/C32H22N4/c1-20-33-31(22-11-3-2-4-12-22)36-32(34-20)27-18-23(25-16-9-13-21-10-5-6-14-24(21)25)19-29-30(27)26-15-7-8-17-28(26)35-29/h2-19,35H,1H3. The summed E-state index contributed by atoms with van der Waals surface area (Å²) in [6.07, 6.45) is 0. The molecule has 0 radical (unpaired) electrons. The van der Waals surface area contributed by atoms with Gasteiger partial charge in [-0.1, -0.05) is 91.0 Å². The molecule has 2 heterocycles. The highest BCUT2D eigenvalue weighted by molar-refractivity contribution is 6.15. The third-order valence-corrected chi connectivity index (χ3v) is 6.72. The van der Waals surface area contributed by atoms with Crippen LogP contribution in [0.5, 0.6) is 0 Å². The number of rotatable bonds is 3. The van der Waals surface area contributed by atoms with Crippen molar-refractivity contribution in [2.75, 3.05) is 0 Å².